The van der Waals surface area contributed by atoms with Crippen molar-refractivity contribution in [2.24, 2.45) is 0 Å². The van der Waals surface area contributed by atoms with Crippen LogP contribution in [0.5, 0.6) is 0 Å². The molecular formula is C14H22ClN3S. The monoisotopic (exact) mass is 299 g/mol. The number of halogens is 1. The van der Waals surface area contributed by atoms with Gasteiger partial charge in [0.25, 0.3) is 0 Å². The Balaban J connectivity index is 2.09. The third-order valence-corrected chi connectivity index (χ3v) is 4.91. The number of nitrogens with zero attached hydrogens (tertiary/aromatic N) is 2. The number of hydrogen-bond donors (Lipinski definition) is 1. The Bertz CT molecular complexity index is 425. The smallest absolute Gasteiger partial charge is 0.135 e. The molecule has 0 aromatic carbocycles. The minimum atomic E-state index is 0.295. The van der Waals surface area contributed by atoms with Gasteiger partial charge < -0.3 is 5.32 Å². The SMILES string of the molecule is CCSC1CCCC1Nc1cc(Cl)nc(C(C)C)n1. The molecule has 0 bridgehead atoms. The van der Waals surface area contributed by atoms with Crippen LogP contribution in [0.3, 0.4) is 0 Å². The summed E-state index contributed by atoms with van der Waals surface area (Å²) in [6.07, 6.45) is 3.81. The number of hydrogen-bond acceptors (Lipinski definition) is 4. The molecule has 5 heteroatoms. The Morgan fingerprint density at radius 2 is 2.21 bits per heavy atom. The summed E-state index contributed by atoms with van der Waals surface area (Å²) < 4.78 is 0. The fourth-order valence-corrected chi connectivity index (χ4v) is 3.85. The van der Waals surface area contributed by atoms with Crippen LogP contribution in [0.4, 0.5) is 5.82 Å². The lowest BCUT2D eigenvalue weighted by molar-refractivity contribution is 0.742. The van der Waals surface area contributed by atoms with E-state index in [1.165, 1.54) is 25.0 Å². The summed E-state index contributed by atoms with van der Waals surface area (Å²) in [4.78, 5) is 8.85. The molecule has 1 aromatic rings. The highest BCUT2D eigenvalue weighted by molar-refractivity contribution is 7.99. The summed E-state index contributed by atoms with van der Waals surface area (Å²) in [5.74, 6) is 3.15. The first-order valence-electron chi connectivity index (χ1n) is 7.02. The van der Waals surface area contributed by atoms with Gasteiger partial charge in [-0.3, -0.25) is 0 Å². The molecule has 1 aromatic heterocycles. The average Bonchev–Trinajstić information content (AvgIpc) is 2.76. The maximum absolute atomic E-state index is 6.08. The van der Waals surface area contributed by atoms with Gasteiger partial charge in [-0.05, 0) is 18.6 Å². The Hall–Kier alpha value is -0.480. The van der Waals surface area contributed by atoms with E-state index < -0.39 is 0 Å². The van der Waals surface area contributed by atoms with Crippen LogP contribution >= 0.6 is 23.4 Å². The molecule has 0 radical (unpaired) electrons. The van der Waals surface area contributed by atoms with E-state index in [9.17, 15) is 0 Å². The van der Waals surface area contributed by atoms with Gasteiger partial charge in [-0.1, -0.05) is 38.8 Å². The van der Waals surface area contributed by atoms with Gasteiger partial charge in [0.2, 0.25) is 0 Å². The highest BCUT2D eigenvalue weighted by Gasteiger charge is 2.27. The summed E-state index contributed by atoms with van der Waals surface area (Å²) in [7, 11) is 0. The topological polar surface area (TPSA) is 37.8 Å². The highest BCUT2D eigenvalue weighted by atomic mass is 35.5. The van der Waals surface area contributed by atoms with Crippen LogP contribution in [0.2, 0.25) is 5.15 Å². The normalized spacial score (nSPS) is 23.0. The van der Waals surface area contributed by atoms with Crippen molar-refractivity contribution < 1.29 is 0 Å². The van der Waals surface area contributed by atoms with Gasteiger partial charge in [0.1, 0.15) is 16.8 Å². The van der Waals surface area contributed by atoms with E-state index in [-0.39, 0.29) is 0 Å². The van der Waals surface area contributed by atoms with Crippen LogP contribution in [-0.4, -0.2) is 27.0 Å². The number of anilines is 1. The van der Waals surface area contributed by atoms with Crippen molar-refractivity contribution >= 4 is 29.2 Å². The summed E-state index contributed by atoms with van der Waals surface area (Å²) in [5.41, 5.74) is 0. The first-order chi connectivity index (χ1) is 9.10. The fourth-order valence-electron chi connectivity index (χ4n) is 2.46. The molecule has 0 saturated heterocycles. The zero-order valence-electron chi connectivity index (χ0n) is 11.8. The number of nitrogens with one attached hydrogen (secondary N) is 1. The third kappa shape index (κ3) is 3.99. The molecule has 3 nitrogen and oxygen atoms in total. The Labute approximate surface area is 124 Å². The van der Waals surface area contributed by atoms with Gasteiger partial charge in [-0.15, -0.1) is 0 Å². The lowest BCUT2D eigenvalue weighted by atomic mass is 10.2. The molecule has 19 heavy (non-hydrogen) atoms. The van der Waals surface area contributed by atoms with Crippen LogP contribution in [0, 0.1) is 0 Å². The first kappa shape index (κ1) is 14.9. The molecule has 106 valence electrons. The van der Waals surface area contributed by atoms with Crippen LogP contribution in [0.25, 0.3) is 0 Å². The van der Waals surface area contributed by atoms with Crippen molar-refractivity contribution in [1.29, 1.82) is 0 Å². The molecule has 2 atom stereocenters. The van der Waals surface area contributed by atoms with Crippen LogP contribution < -0.4 is 5.32 Å². The molecular weight excluding hydrogens is 278 g/mol. The van der Waals surface area contributed by atoms with E-state index in [1.807, 2.05) is 17.8 Å². The minimum absolute atomic E-state index is 0.295. The second-order valence-corrected chi connectivity index (χ2v) is 7.17. The zero-order chi connectivity index (χ0) is 13.8. The molecule has 1 aliphatic rings. The Morgan fingerprint density at radius 1 is 1.42 bits per heavy atom. The van der Waals surface area contributed by atoms with Gasteiger partial charge in [-0.2, -0.15) is 11.8 Å². The van der Waals surface area contributed by atoms with Gasteiger partial charge in [-0.25, -0.2) is 9.97 Å². The van der Waals surface area contributed by atoms with E-state index in [0.717, 1.165) is 11.6 Å². The standard InChI is InChI=1S/C14H22ClN3S/c1-4-19-11-7-5-6-10(11)16-13-8-12(15)17-14(18-13)9(2)3/h8-11H,4-7H2,1-3H3,(H,16,17,18). The summed E-state index contributed by atoms with van der Waals surface area (Å²) in [5, 5.41) is 4.78. The quantitative estimate of drug-likeness (QED) is 0.821. The van der Waals surface area contributed by atoms with E-state index in [0.29, 0.717) is 22.4 Å². The second-order valence-electron chi connectivity index (χ2n) is 5.26. The van der Waals surface area contributed by atoms with Crippen molar-refractivity contribution in [2.75, 3.05) is 11.1 Å². The molecule has 1 fully saturated rings. The molecule has 2 rings (SSSR count). The predicted octanol–water partition coefficient (Wildman–Crippen LogP) is 4.34. The lowest BCUT2D eigenvalue weighted by Gasteiger charge is -2.21. The molecule has 0 amide bonds. The van der Waals surface area contributed by atoms with Gasteiger partial charge in [0.05, 0.1) is 0 Å². The predicted molar refractivity (Wildman–Crippen MR) is 84.3 cm³/mol. The van der Waals surface area contributed by atoms with Crippen molar-refractivity contribution in [2.45, 2.75) is 57.2 Å². The first-order valence-corrected chi connectivity index (χ1v) is 8.45. The fraction of sp³-hybridized carbons (Fsp3) is 0.714. The lowest BCUT2D eigenvalue weighted by Crippen LogP contribution is -2.27. The molecule has 1 saturated carbocycles. The largest absolute Gasteiger partial charge is 0.366 e. The highest BCUT2D eigenvalue weighted by Crippen LogP contribution is 2.32. The molecule has 1 N–H and O–H groups in total. The van der Waals surface area contributed by atoms with E-state index in [2.05, 4.69) is 36.1 Å². The Kier molecular flexibility index (Phi) is 5.34. The molecule has 0 aliphatic heterocycles. The van der Waals surface area contributed by atoms with Crippen LogP contribution in [0.1, 0.15) is 51.8 Å². The van der Waals surface area contributed by atoms with Crippen molar-refractivity contribution in [3.8, 4) is 0 Å². The second kappa shape index (κ2) is 6.80. The maximum Gasteiger partial charge on any atom is 0.135 e. The van der Waals surface area contributed by atoms with E-state index >= 15 is 0 Å². The minimum Gasteiger partial charge on any atom is -0.366 e. The van der Waals surface area contributed by atoms with Gasteiger partial charge in [0, 0.05) is 23.3 Å². The zero-order valence-corrected chi connectivity index (χ0v) is 13.4. The third-order valence-electron chi connectivity index (χ3n) is 3.40. The average molecular weight is 300 g/mol. The van der Waals surface area contributed by atoms with Crippen LogP contribution in [0.15, 0.2) is 6.07 Å². The van der Waals surface area contributed by atoms with E-state index in [4.69, 9.17) is 11.6 Å². The molecule has 0 spiro atoms. The summed E-state index contributed by atoms with van der Waals surface area (Å²) in [6.45, 7) is 6.39. The van der Waals surface area contributed by atoms with Crippen LogP contribution in [-0.2, 0) is 0 Å². The summed E-state index contributed by atoms with van der Waals surface area (Å²) in [6, 6.07) is 2.34. The number of rotatable bonds is 5. The molecule has 1 heterocycles. The van der Waals surface area contributed by atoms with E-state index in [1.54, 1.807) is 0 Å². The van der Waals surface area contributed by atoms with Gasteiger partial charge >= 0.3 is 0 Å². The molecule has 1 aliphatic carbocycles. The van der Waals surface area contributed by atoms with Crippen molar-refractivity contribution in [3.05, 3.63) is 17.0 Å². The van der Waals surface area contributed by atoms with Crippen molar-refractivity contribution in [1.82, 2.24) is 9.97 Å². The number of thioether (sulfide) groups is 1. The number of aromatic nitrogens is 2. The molecule has 2 unspecified atom stereocenters. The van der Waals surface area contributed by atoms with Gasteiger partial charge in [0.15, 0.2) is 0 Å². The summed E-state index contributed by atoms with van der Waals surface area (Å²) >= 11 is 8.12. The van der Waals surface area contributed by atoms with Crippen molar-refractivity contribution in [3.63, 3.8) is 0 Å². The maximum atomic E-state index is 6.08. The Morgan fingerprint density at radius 3 is 2.89 bits per heavy atom.